The van der Waals surface area contributed by atoms with Crippen molar-refractivity contribution in [1.29, 1.82) is 0 Å². The molecule has 1 N–H and O–H groups in total. The lowest BCUT2D eigenvalue weighted by Gasteiger charge is -2.22. The first kappa shape index (κ1) is 14.0. The number of hydrogen-bond donors (Lipinski definition) is 1. The van der Waals surface area contributed by atoms with Crippen molar-refractivity contribution in [3.05, 3.63) is 21.0 Å². The van der Waals surface area contributed by atoms with Crippen molar-refractivity contribution in [2.24, 2.45) is 7.05 Å². The Morgan fingerprint density at radius 2 is 2.11 bits per heavy atom. The fourth-order valence-electron chi connectivity index (χ4n) is 2.12. The van der Waals surface area contributed by atoms with Crippen LogP contribution in [0.5, 0.6) is 0 Å². The Kier molecular flexibility index (Phi) is 4.24. The normalized spacial score (nSPS) is 16.5. The molecule has 0 aromatic carbocycles. The average Bonchev–Trinajstić information content (AvgIpc) is 2.92. The lowest BCUT2D eigenvalue weighted by atomic mass is 10.2. The number of anilines is 1. The summed E-state index contributed by atoms with van der Waals surface area (Å²) in [6, 6.07) is -0.372. The van der Waals surface area contributed by atoms with Crippen LogP contribution < -0.4 is 10.9 Å². The zero-order valence-corrected chi connectivity index (χ0v) is 12.6. The Morgan fingerprint density at radius 3 is 2.74 bits per heavy atom. The number of halogens is 1. The molecular formula is C12H17BrN4O2. The zero-order chi connectivity index (χ0) is 14.0. The highest BCUT2D eigenvalue weighted by Crippen LogP contribution is 2.18. The van der Waals surface area contributed by atoms with Gasteiger partial charge in [0, 0.05) is 20.1 Å². The number of carbonyl (C=O) groups is 1. The van der Waals surface area contributed by atoms with Crippen molar-refractivity contribution < 1.29 is 4.79 Å². The first-order chi connectivity index (χ1) is 9.00. The number of rotatable bonds is 3. The summed E-state index contributed by atoms with van der Waals surface area (Å²) >= 11 is 3.23. The first-order valence-corrected chi connectivity index (χ1v) is 7.07. The maximum atomic E-state index is 12.2. The number of hydrogen-bond acceptors (Lipinski definition) is 4. The zero-order valence-electron chi connectivity index (χ0n) is 11.0. The second kappa shape index (κ2) is 5.73. The van der Waals surface area contributed by atoms with Crippen LogP contribution in [0.3, 0.4) is 0 Å². The van der Waals surface area contributed by atoms with Crippen LogP contribution in [0.1, 0.15) is 19.8 Å². The van der Waals surface area contributed by atoms with Crippen molar-refractivity contribution in [3.8, 4) is 0 Å². The van der Waals surface area contributed by atoms with Gasteiger partial charge in [0.05, 0.1) is 11.9 Å². The van der Waals surface area contributed by atoms with Gasteiger partial charge in [0.25, 0.3) is 5.56 Å². The Bertz CT molecular complexity index is 537. The number of carbonyl (C=O) groups excluding carboxylic acids is 1. The van der Waals surface area contributed by atoms with E-state index in [1.54, 1.807) is 20.2 Å². The Morgan fingerprint density at radius 1 is 1.47 bits per heavy atom. The molecule has 19 heavy (non-hydrogen) atoms. The molecule has 1 saturated heterocycles. The van der Waals surface area contributed by atoms with Crippen LogP contribution in [-0.4, -0.2) is 39.7 Å². The fourth-order valence-corrected chi connectivity index (χ4v) is 2.59. The quantitative estimate of drug-likeness (QED) is 0.897. The van der Waals surface area contributed by atoms with E-state index in [2.05, 4.69) is 26.3 Å². The standard InChI is InChI=1S/C12H17BrN4O2/c1-8(11(18)17-5-3-4-6-17)15-9-7-14-16(2)12(19)10(9)13/h7-8,15H,3-6H2,1-2H3. The van der Waals surface area contributed by atoms with E-state index < -0.39 is 0 Å². The molecule has 1 aromatic rings. The number of aromatic nitrogens is 2. The van der Waals surface area contributed by atoms with Gasteiger partial charge >= 0.3 is 0 Å². The summed E-state index contributed by atoms with van der Waals surface area (Å²) in [6.07, 6.45) is 3.67. The van der Waals surface area contributed by atoms with Crippen molar-refractivity contribution in [2.45, 2.75) is 25.8 Å². The van der Waals surface area contributed by atoms with Gasteiger partial charge in [-0.25, -0.2) is 4.68 Å². The van der Waals surface area contributed by atoms with Crippen LogP contribution in [0.4, 0.5) is 5.69 Å². The number of aryl methyl sites for hydroxylation is 1. The summed E-state index contributed by atoms with van der Waals surface area (Å²) < 4.78 is 1.63. The van der Waals surface area contributed by atoms with Gasteiger partial charge in [-0.2, -0.15) is 5.10 Å². The van der Waals surface area contributed by atoms with Gasteiger partial charge in [-0.05, 0) is 35.7 Å². The van der Waals surface area contributed by atoms with Crippen LogP contribution in [0.25, 0.3) is 0 Å². The second-order valence-electron chi connectivity index (χ2n) is 4.70. The van der Waals surface area contributed by atoms with Crippen LogP contribution in [0.15, 0.2) is 15.5 Å². The van der Waals surface area contributed by atoms with Crippen molar-refractivity contribution in [3.63, 3.8) is 0 Å². The van der Waals surface area contributed by atoms with Gasteiger partial charge in [-0.15, -0.1) is 0 Å². The van der Waals surface area contributed by atoms with Gasteiger partial charge in [0.15, 0.2) is 0 Å². The third kappa shape index (κ3) is 2.97. The predicted octanol–water partition coefficient (Wildman–Crippen LogP) is 0.966. The summed E-state index contributed by atoms with van der Waals surface area (Å²) in [6.45, 7) is 3.44. The van der Waals surface area contributed by atoms with Gasteiger partial charge < -0.3 is 10.2 Å². The van der Waals surface area contributed by atoms with Crippen molar-refractivity contribution in [2.75, 3.05) is 18.4 Å². The monoisotopic (exact) mass is 328 g/mol. The maximum absolute atomic E-state index is 12.2. The molecule has 1 aliphatic heterocycles. The van der Waals surface area contributed by atoms with Crippen LogP contribution in [0.2, 0.25) is 0 Å². The summed E-state index contributed by atoms with van der Waals surface area (Å²) in [5.41, 5.74) is 0.314. The van der Waals surface area contributed by atoms with Crippen molar-refractivity contribution in [1.82, 2.24) is 14.7 Å². The Balaban J connectivity index is 2.10. The number of amides is 1. The van der Waals surface area contributed by atoms with E-state index >= 15 is 0 Å². The lowest BCUT2D eigenvalue weighted by molar-refractivity contribution is -0.130. The highest BCUT2D eigenvalue weighted by molar-refractivity contribution is 9.10. The van der Waals surface area contributed by atoms with Gasteiger partial charge in [-0.3, -0.25) is 9.59 Å². The fraction of sp³-hybridized carbons (Fsp3) is 0.583. The summed E-state index contributed by atoms with van der Waals surface area (Å²) in [4.78, 5) is 25.7. The first-order valence-electron chi connectivity index (χ1n) is 6.28. The minimum atomic E-state index is -0.372. The third-order valence-corrected chi connectivity index (χ3v) is 4.00. The molecule has 0 saturated carbocycles. The van der Waals surface area contributed by atoms with E-state index in [1.165, 1.54) is 4.68 Å². The molecule has 0 bridgehead atoms. The van der Waals surface area contributed by atoms with Gasteiger partial charge in [0.2, 0.25) is 5.91 Å². The highest BCUT2D eigenvalue weighted by atomic mass is 79.9. The van der Waals surface area contributed by atoms with E-state index in [0.29, 0.717) is 10.2 Å². The molecule has 0 radical (unpaired) electrons. The van der Waals surface area contributed by atoms with Gasteiger partial charge in [-0.1, -0.05) is 0 Å². The van der Waals surface area contributed by atoms with Crippen molar-refractivity contribution >= 4 is 27.5 Å². The maximum Gasteiger partial charge on any atom is 0.282 e. The second-order valence-corrected chi connectivity index (χ2v) is 5.49. The third-order valence-electron chi connectivity index (χ3n) is 3.24. The largest absolute Gasteiger partial charge is 0.372 e. The van der Waals surface area contributed by atoms with E-state index in [4.69, 9.17) is 0 Å². The summed E-state index contributed by atoms with van der Waals surface area (Å²) in [7, 11) is 1.58. The SMILES string of the molecule is CC(Nc1cnn(C)c(=O)c1Br)C(=O)N1CCCC1. The number of nitrogens with one attached hydrogen (secondary N) is 1. The molecule has 1 aromatic heterocycles. The molecule has 2 rings (SSSR count). The van der Waals surface area contributed by atoms with E-state index in [9.17, 15) is 9.59 Å². The molecule has 1 unspecified atom stereocenters. The minimum Gasteiger partial charge on any atom is -0.372 e. The van der Waals surface area contributed by atoms with E-state index in [0.717, 1.165) is 25.9 Å². The molecule has 1 aliphatic rings. The Labute approximate surface area is 119 Å². The molecule has 1 fully saturated rings. The molecular weight excluding hydrogens is 312 g/mol. The predicted molar refractivity (Wildman–Crippen MR) is 76.1 cm³/mol. The summed E-state index contributed by atoms with van der Waals surface area (Å²) in [5.74, 6) is 0.0603. The highest BCUT2D eigenvalue weighted by Gasteiger charge is 2.23. The topological polar surface area (TPSA) is 67.2 Å². The Hall–Kier alpha value is -1.37. The van der Waals surface area contributed by atoms with E-state index in [1.807, 2.05) is 4.90 Å². The molecule has 0 aliphatic carbocycles. The van der Waals surface area contributed by atoms with Crippen LogP contribution >= 0.6 is 15.9 Å². The minimum absolute atomic E-state index is 0.0603. The average molecular weight is 329 g/mol. The van der Waals surface area contributed by atoms with Crippen LogP contribution in [0, 0.1) is 0 Å². The number of likely N-dealkylation sites (tertiary alicyclic amines) is 1. The van der Waals surface area contributed by atoms with Gasteiger partial charge in [0.1, 0.15) is 10.5 Å². The lowest BCUT2D eigenvalue weighted by Crippen LogP contribution is -2.40. The molecule has 1 amide bonds. The molecule has 104 valence electrons. The molecule has 2 heterocycles. The molecule has 0 spiro atoms. The number of nitrogens with zero attached hydrogens (tertiary/aromatic N) is 3. The molecule has 1 atom stereocenters. The van der Waals surface area contributed by atoms with Crippen LogP contribution in [-0.2, 0) is 11.8 Å². The van der Waals surface area contributed by atoms with E-state index in [-0.39, 0.29) is 17.5 Å². The smallest absolute Gasteiger partial charge is 0.282 e. The molecule has 6 nitrogen and oxygen atoms in total. The molecule has 7 heteroatoms. The summed E-state index contributed by atoms with van der Waals surface area (Å²) in [5, 5.41) is 6.98.